The third-order valence-electron chi connectivity index (χ3n) is 6.64. The van der Waals surface area contributed by atoms with Crippen LogP contribution in [0.4, 0.5) is 0 Å². The number of aromatic nitrogens is 4. The highest BCUT2D eigenvalue weighted by Gasteiger charge is 2.12. The minimum Gasteiger partial charge on any atom is -0.323 e. The van der Waals surface area contributed by atoms with Gasteiger partial charge in [0.1, 0.15) is 0 Å². The van der Waals surface area contributed by atoms with Crippen molar-refractivity contribution in [2.75, 3.05) is 5.75 Å². The topological polar surface area (TPSA) is 86.8 Å². The summed E-state index contributed by atoms with van der Waals surface area (Å²) in [4.78, 5) is 45.8. The summed E-state index contributed by atoms with van der Waals surface area (Å²) in [6.45, 7) is 0.573. The lowest BCUT2D eigenvalue weighted by Gasteiger charge is -2.14. The molecule has 0 aliphatic carbocycles. The van der Waals surface area contributed by atoms with E-state index in [0.717, 1.165) is 49.0 Å². The summed E-state index contributed by atoms with van der Waals surface area (Å²) in [6, 6.07) is 14.4. The summed E-state index contributed by atoms with van der Waals surface area (Å²) in [5, 5.41) is 1.32. The van der Waals surface area contributed by atoms with Gasteiger partial charge in [-0.15, -0.1) is 0 Å². The van der Waals surface area contributed by atoms with Crippen LogP contribution in [0, 0.1) is 0 Å². The molecule has 4 aromatic rings. The van der Waals surface area contributed by atoms with Crippen molar-refractivity contribution in [2.24, 2.45) is 7.05 Å². The van der Waals surface area contributed by atoms with E-state index in [-0.39, 0.29) is 16.9 Å². The molecule has 40 heavy (non-hydrogen) atoms. The Morgan fingerprint density at radius 2 is 1.65 bits per heavy atom. The van der Waals surface area contributed by atoms with Gasteiger partial charge in [0.05, 0.1) is 0 Å². The summed E-state index contributed by atoms with van der Waals surface area (Å²) in [6.07, 6.45) is 13.0. The fraction of sp³-hybridized carbons (Fsp3) is 0.323. The number of unbranched alkanes of at least 4 members (excludes halogenated alkanes) is 4. The van der Waals surface area contributed by atoms with Gasteiger partial charge in [-0.25, -0.2) is 0 Å². The Morgan fingerprint density at radius 1 is 0.925 bits per heavy atom. The van der Waals surface area contributed by atoms with Gasteiger partial charge in [-0.05, 0) is 66.4 Å². The van der Waals surface area contributed by atoms with Crippen LogP contribution in [0.5, 0.6) is 0 Å². The zero-order valence-electron chi connectivity index (χ0n) is 22.6. The number of nitrogens with zero attached hydrogens (tertiary/aromatic N) is 4. The maximum atomic E-state index is 12.9. The first kappa shape index (κ1) is 29.5. The summed E-state index contributed by atoms with van der Waals surface area (Å²) in [7, 11) is 1.70. The molecule has 0 N–H and O–H groups in total. The highest BCUT2D eigenvalue weighted by atomic mass is 35.5. The van der Waals surface area contributed by atoms with Crippen LogP contribution in [-0.4, -0.2) is 30.6 Å². The number of benzene rings is 1. The number of carbonyl (C=O) groups excluding carboxylic acids is 1. The Labute approximate surface area is 243 Å². The molecule has 0 aliphatic heterocycles. The number of rotatable bonds is 14. The second-order valence-corrected chi connectivity index (χ2v) is 11.3. The Kier molecular flexibility index (Phi) is 10.9. The van der Waals surface area contributed by atoms with Gasteiger partial charge in [0.25, 0.3) is 11.1 Å². The van der Waals surface area contributed by atoms with E-state index in [1.807, 2.05) is 29.0 Å². The first-order valence-electron chi connectivity index (χ1n) is 13.5. The number of hydrogen-bond acceptors (Lipinski definition) is 6. The maximum Gasteiger partial charge on any atom is 0.277 e. The molecule has 3 aromatic heterocycles. The van der Waals surface area contributed by atoms with Crippen molar-refractivity contribution in [3.05, 3.63) is 121 Å². The normalized spacial score (nSPS) is 11.1. The second kappa shape index (κ2) is 14.8. The molecule has 7 nitrogen and oxygen atoms in total. The Hall–Kier alpha value is -3.49. The molecule has 0 radical (unpaired) electrons. The van der Waals surface area contributed by atoms with Crippen molar-refractivity contribution in [1.29, 1.82) is 0 Å². The largest absolute Gasteiger partial charge is 0.323 e. The van der Waals surface area contributed by atoms with E-state index >= 15 is 0 Å². The number of aryl methyl sites for hydroxylation is 1. The van der Waals surface area contributed by atoms with Gasteiger partial charge < -0.3 is 9.13 Å². The van der Waals surface area contributed by atoms with Gasteiger partial charge in [0, 0.05) is 79.2 Å². The summed E-state index contributed by atoms with van der Waals surface area (Å²) < 4.78 is 3.52. The summed E-state index contributed by atoms with van der Waals surface area (Å²) in [5.41, 5.74) is 2.75. The molecular weight excluding hydrogens is 544 g/mol. The van der Waals surface area contributed by atoms with E-state index in [0.29, 0.717) is 40.7 Å². The Balaban J connectivity index is 1.30. The quantitative estimate of drug-likeness (QED) is 0.0798. The van der Waals surface area contributed by atoms with E-state index in [9.17, 15) is 14.4 Å². The number of thioether (sulfide) groups is 1. The van der Waals surface area contributed by atoms with Crippen LogP contribution < -0.4 is 11.1 Å². The predicted octanol–water partition coefficient (Wildman–Crippen LogP) is 5.95. The summed E-state index contributed by atoms with van der Waals surface area (Å²) in [5.74, 6) is 1.00. The SMILES string of the molecule is Cn1ccc(Cc2cn(Cc3ccncc3)c(SCCCCCCCC(=O)c3ccc(Cl)cc3)nc2=O)cc1=O. The van der Waals surface area contributed by atoms with Crippen LogP contribution in [0.3, 0.4) is 0 Å². The van der Waals surface area contributed by atoms with Crippen LogP contribution in [0.2, 0.25) is 5.02 Å². The molecule has 1 aromatic carbocycles. The Morgan fingerprint density at radius 3 is 2.40 bits per heavy atom. The van der Waals surface area contributed by atoms with Crippen molar-refractivity contribution in [3.63, 3.8) is 0 Å². The molecular formula is C31H33ClN4O3S. The van der Waals surface area contributed by atoms with Crippen LogP contribution in [-0.2, 0) is 20.0 Å². The van der Waals surface area contributed by atoms with E-state index < -0.39 is 0 Å². The van der Waals surface area contributed by atoms with Gasteiger partial charge >= 0.3 is 0 Å². The predicted molar refractivity (Wildman–Crippen MR) is 161 cm³/mol. The number of Topliss-reactive ketones (excluding diaryl/α,β-unsaturated/α-hetero) is 1. The lowest BCUT2D eigenvalue weighted by atomic mass is 10.0. The molecule has 9 heteroatoms. The third kappa shape index (κ3) is 8.76. The second-order valence-electron chi connectivity index (χ2n) is 9.79. The molecule has 0 bridgehead atoms. The highest BCUT2D eigenvalue weighted by Crippen LogP contribution is 2.20. The van der Waals surface area contributed by atoms with Crippen LogP contribution in [0.15, 0.2) is 88.1 Å². The number of carbonyl (C=O) groups is 1. The fourth-order valence-electron chi connectivity index (χ4n) is 4.34. The monoisotopic (exact) mass is 576 g/mol. The molecule has 0 saturated heterocycles. The highest BCUT2D eigenvalue weighted by molar-refractivity contribution is 7.99. The van der Waals surface area contributed by atoms with Crippen molar-refractivity contribution < 1.29 is 4.79 Å². The van der Waals surface area contributed by atoms with E-state index in [1.165, 1.54) is 4.57 Å². The van der Waals surface area contributed by atoms with Crippen LogP contribution in [0.1, 0.15) is 65.6 Å². The molecule has 0 amide bonds. The fourth-order valence-corrected chi connectivity index (χ4v) is 5.42. The molecule has 0 fully saturated rings. The average molecular weight is 577 g/mol. The van der Waals surface area contributed by atoms with E-state index in [1.54, 1.807) is 67.7 Å². The van der Waals surface area contributed by atoms with Crippen molar-refractivity contribution in [2.45, 2.75) is 56.6 Å². The van der Waals surface area contributed by atoms with Crippen LogP contribution >= 0.6 is 23.4 Å². The molecule has 208 valence electrons. The van der Waals surface area contributed by atoms with Crippen molar-refractivity contribution in [3.8, 4) is 0 Å². The zero-order valence-corrected chi connectivity index (χ0v) is 24.2. The van der Waals surface area contributed by atoms with Gasteiger partial charge in [0.15, 0.2) is 10.9 Å². The molecule has 0 atom stereocenters. The van der Waals surface area contributed by atoms with Gasteiger partial charge in [-0.2, -0.15) is 4.98 Å². The minimum atomic E-state index is -0.264. The minimum absolute atomic E-state index is 0.108. The molecule has 0 unspecified atom stereocenters. The average Bonchev–Trinajstić information content (AvgIpc) is 2.95. The maximum absolute atomic E-state index is 12.9. The molecule has 3 heterocycles. The lowest BCUT2D eigenvalue weighted by molar-refractivity contribution is 0.0979. The molecule has 0 spiro atoms. The third-order valence-corrected chi connectivity index (χ3v) is 7.97. The number of hydrogen-bond donors (Lipinski definition) is 0. The first-order valence-corrected chi connectivity index (χ1v) is 14.8. The Bertz CT molecular complexity index is 1540. The van der Waals surface area contributed by atoms with Gasteiger partial charge in [-0.3, -0.25) is 19.4 Å². The van der Waals surface area contributed by atoms with E-state index in [4.69, 9.17) is 11.6 Å². The number of halogens is 1. The smallest absolute Gasteiger partial charge is 0.277 e. The van der Waals surface area contributed by atoms with Crippen molar-refractivity contribution in [1.82, 2.24) is 19.1 Å². The number of pyridine rings is 2. The molecule has 0 saturated carbocycles. The van der Waals surface area contributed by atoms with Gasteiger partial charge in [-0.1, -0.05) is 42.6 Å². The standard InChI is InChI=1S/C31H33ClN4O3S/c1-35-17-14-24(20-29(35)38)19-26-22-36(21-23-12-15-33-16-13-23)31(34-30(26)39)40-18-6-4-2-3-5-7-28(37)25-8-10-27(32)11-9-25/h8-17,20,22H,2-7,18-19,21H2,1H3. The van der Waals surface area contributed by atoms with Crippen molar-refractivity contribution >= 4 is 29.1 Å². The van der Waals surface area contributed by atoms with E-state index in [2.05, 4.69) is 9.97 Å². The lowest BCUT2D eigenvalue weighted by Crippen LogP contribution is -2.21. The number of ketones is 1. The van der Waals surface area contributed by atoms with Crippen LogP contribution in [0.25, 0.3) is 0 Å². The first-order chi connectivity index (χ1) is 19.4. The molecule has 4 rings (SSSR count). The zero-order chi connectivity index (χ0) is 28.3. The van der Waals surface area contributed by atoms with Gasteiger partial charge in [0.2, 0.25) is 0 Å². The summed E-state index contributed by atoms with van der Waals surface area (Å²) >= 11 is 7.48. The molecule has 0 aliphatic rings.